The fraction of sp³-hybridized carbons (Fsp3) is 0.562. The normalized spacial score (nSPS) is 26.9. The molecule has 0 radical (unpaired) electrons. The maximum atomic E-state index is 12.4. The van der Waals surface area contributed by atoms with E-state index in [9.17, 15) is 9.90 Å². The number of benzene rings is 1. The molecule has 0 aromatic heterocycles. The third kappa shape index (κ3) is 3.04. The van der Waals surface area contributed by atoms with E-state index in [1.54, 1.807) is 12.1 Å². The second-order valence-corrected chi connectivity index (χ2v) is 5.97. The van der Waals surface area contributed by atoms with Crippen molar-refractivity contribution in [2.75, 3.05) is 26.3 Å². The van der Waals surface area contributed by atoms with Crippen LogP contribution in [0.4, 0.5) is 0 Å². The second kappa shape index (κ2) is 6.03. The van der Waals surface area contributed by atoms with Crippen molar-refractivity contribution in [2.45, 2.75) is 31.3 Å². The molecule has 1 spiro atoms. The van der Waals surface area contributed by atoms with Crippen LogP contribution in [-0.2, 0) is 16.1 Å². The van der Waals surface area contributed by atoms with Crippen LogP contribution < -0.4 is 5.32 Å². The summed E-state index contributed by atoms with van der Waals surface area (Å²) in [4.78, 5) is 14.4. The lowest BCUT2D eigenvalue weighted by Gasteiger charge is -2.46. The number of carbonyl (C=O) groups is 1. The van der Waals surface area contributed by atoms with E-state index in [4.69, 9.17) is 4.74 Å². The number of hydrogen-bond acceptors (Lipinski definition) is 4. The van der Waals surface area contributed by atoms with Gasteiger partial charge in [0.2, 0.25) is 5.91 Å². The van der Waals surface area contributed by atoms with E-state index in [1.807, 2.05) is 17.0 Å². The Hall–Kier alpha value is -1.59. The number of aromatic hydroxyl groups is 1. The Morgan fingerprint density at radius 1 is 1.33 bits per heavy atom. The Balaban J connectivity index is 1.85. The molecule has 5 nitrogen and oxygen atoms in total. The van der Waals surface area contributed by atoms with Gasteiger partial charge < -0.3 is 20.1 Å². The van der Waals surface area contributed by atoms with Gasteiger partial charge in [0.15, 0.2) is 0 Å². The van der Waals surface area contributed by atoms with Crippen LogP contribution in [0.3, 0.4) is 0 Å². The summed E-state index contributed by atoms with van der Waals surface area (Å²) in [7, 11) is 0. The number of ether oxygens (including phenoxy) is 1. The molecule has 114 valence electrons. The predicted octanol–water partition coefficient (Wildman–Crippen LogP) is 1.26. The molecular weight excluding hydrogens is 268 g/mol. The minimum absolute atomic E-state index is 0.0477. The number of morpholine rings is 1. The lowest BCUT2D eigenvalue weighted by atomic mass is 9.87. The summed E-state index contributed by atoms with van der Waals surface area (Å²) < 4.78 is 5.55. The summed E-state index contributed by atoms with van der Waals surface area (Å²) >= 11 is 0. The van der Waals surface area contributed by atoms with Gasteiger partial charge >= 0.3 is 0 Å². The van der Waals surface area contributed by atoms with Gasteiger partial charge in [-0.05, 0) is 50.0 Å². The smallest absolute Gasteiger partial charge is 0.249 e. The highest BCUT2D eigenvalue weighted by atomic mass is 16.5. The zero-order valence-electron chi connectivity index (χ0n) is 12.2. The highest BCUT2D eigenvalue weighted by Gasteiger charge is 2.43. The summed E-state index contributed by atoms with van der Waals surface area (Å²) in [5.41, 5.74) is 0.756. The summed E-state index contributed by atoms with van der Waals surface area (Å²) in [6.45, 7) is 3.22. The monoisotopic (exact) mass is 290 g/mol. The van der Waals surface area contributed by atoms with Gasteiger partial charge in [0.25, 0.3) is 0 Å². The molecule has 3 rings (SSSR count). The third-order valence-corrected chi connectivity index (χ3v) is 4.48. The highest BCUT2D eigenvalue weighted by molar-refractivity contribution is 5.79. The van der Waals surface area contributed by atoms with Gasteiger partial charge in [0.05, 0.1) is 12.1 Å². The van der Waals surface area contributed by atoms with Gasteiger partial charge in [-0.1, -0.05) is 12.1 Å². The summed E-state index contributed by atoms with van der Waals surface area (Å²) in [6, 6.07) is 7.14. The molecule has 21 heavy (non-hydrogen) atoms. The molecule has 0 saturated carbocycles. The van der Waals surface area contributed by atoms with Crippen molar-refractivity contribution < 1.29 is 14.6 Å². The number of hydrogen-bond donors (Lipinski definition) is 2. The van der Waals surface area contributed by atoms with E-state index in [1.165, 1.54) is 0 Å². The standard InChI is InChI=1S/C16H22N2O3/c19-14-4-1-3-13(9-14)10-18-15(20)11-21-12-16(18)5-2-7-17-8-6-16/h1,3-4,9,17,19H,2,5-8,10-12H2. The van der Waals surface area contributed by atoms with Crippen LogP contribution >= 0.6 is 0 Å². The molecule has 5 heteroatoms. The first-order valence-electron chi connectivity index (χ1n) is 7.56. The van der Waals surface area contributed by atoms with E-state index in [0.29, 0.717) is 13.2 Å². The number of rotatable bonds is 2. The Kier molecular flexibility index (Phi) is 4.12. The first-order chi connectivity index (χ1) is 10.2. The van der Waals surface area contributed by atoms with Crippen LogP contribution in [-0.4, -0.2) is 47.8 Å². The summed E-state index contributed by atoms with van der Waals surface area (Å²) in [5.74, 6) is 0.288. The van der Waals surface area contributed by atoms with Crippen molar-refractivity contribution in [1.82, 2.24) is 10.2 Å². The summed E-state index contributed by atoms with van der Waals surface area (Å²) in [6.07, 6.45) is 2.93. The van der Waals surface area contributed by atoms with E-state index in [0.717, 1.165) is 37.9 Å². The molecular formula is C16H22N2O3. The van der Waals surface area contributed by atoms with Crippen LogP contribution in [0.15, 0.2) is 24.3 Å². The van der Waals surface area contributed by atoms with Crippen LogP contribution in [0, 0.1) is 0 Å². The Morgan fingerprint density at radius 3 is 3.10 bits per heavy atom. The lowest BCUT2D eigenvalue weighted by molar-refractivity contribution is -0.160. The van der Waals surface area contributed by atoms with Gasteiger partial charge in [-0.25, -0.2) is 0 Å². The van der Waals surface area contributed by atoms with Gasteiger partial charge in [0.1, 0.15) is 12.4 Å². The number of nitrogens with one attached hydrogen (secondary N) is 1. The second-order valence-electron chi connectivity index (χ2n) is 5.97. The van der Waals surface area contributed by atoms with Crippen molar-refractivity contribution in [2.24, 2.45) is 0 Å². The number of phenolic OH excluding ortho intramolecular Hbond substituents is 1. The van der Waals surface area contributed by atoms with E-state index in [2.05, 4.69) is 5.32 Å². The number of phenols is 1. The molecule has 2 heterocycles. The fourth-order valence-electron chi connectivity index (χ4n) is 3.37. The zero-order chi connectivity index (χ0) is 14.7. The van der Waals surface area contributed by atoms with Gasteiger partial charge in [-0.2, -0.15) is 0 Å². The van der Waals surface area contributed by atoms with Crippen molar-refractivity contribution in [1.29, 1.82) is 0 Å². The molecule has 1 aromatic carbocycles. The summed E-state index contributed by atoms with van der Waals surface area (Å²) in [5, 5.41) is 13.0. The zero-order valence-corrected chi connectivity index (χ0v) is 12.2. The van der Waals surface area contributed by atoms with Gasteiger partial charge in [-0.15, -0.1) is 0 Å². The first kappa shape index (κ1) is 14.4. The average Bonchev–Trinajstić information content (AvgIpc) is 2.70. The minimum Gasteiger partial charge on any atom is -0.508 e. The molecule has 2 aliphatic rings. The maximum absolute atomic E-state index is 12.4. The predicted molar refractivity (Wildman–Crippen MR) is 78.9 cm³/mol. The van der Waals surface area contributed by atoms with Crippen molar-refractivity contribution >= 4 is 5.91 Å². The number of nitrogens with zero attached hydrogens (tertiary/aromatic N) is 1. The van der Waals surface area contributed by atoms with E-state index >= 15 is 0 Å². The fourth-order valence-corrected chi connectivity index (χ4v) is 3.37. The molecule has 0 aliphatic carbocycles. The van der Waals surface area contributed by atoms with Crippen LogP contribution in [0.2, 0.25) is 0 Å². The quantitative estimate of drug-likeness (QED) is 0.861. The third-order valence-electron chi connectivity index (χ3n) is 4.48. The Morgan fingerprint density at radius 2 is 2.24 bits per heavy atom. The minimum atomic E-state index is -0.204. The van der Waals surface area contributed by atoms with Crippen LogP contribution in [0.1, 0.15) is 24.8 Å². The Labute approximate surface area is 124 Å². The highest BCUT2D eigenvalue weighted by Crippen LogP contribution is 2.32. The molecule has 1 atom stereocenters. The van der Waals surface area contributed by atoms with Crippen molar-refractivity contribution in [3.63, 3.8) is 0 Å². The van der Waals surface area contributed by atoms with Crippen LogP contribution in [0.5, 0.6) is 5.75 Å². The number of amides is 1. The molecule has 0 bridgehead atoms. The van der Waals surface area contributed by atoms with Crippen molar-refractivity contribution in [3.05, 3.63) is 29.8 Å². The van der Waals surface area contributed by atoms with Gasteiger partial charge in [0, 0.05) is 6.54 Å². The molecule has 2 aliphatic heterocycles. The van der Waals surface area contributed by atoms with Gasteiger partial charge in [-0.3, -0.25) is 4.79 Å². The lowest BCUT2D eigenvalue weighted by Crippen LogP contribution is -2.59. The molecule has 2 N–H and O–H groups in total. The SMILES string of the molecule is O=C1COCC2(CCCNCC2)N1Cc1cccc(O)c1. The molecule has 1 aromatic rings. The number of carbonyl (C=O) groups excluding carboxylic acids is 1. The Bertz CT molecular complexity index is 510. The molecule has 1 unspecified atom stereocenters. The average molecular weight is 290 g/mol. The molecule has 2 fully saturated rings. The molecule has 1 amide bonds. The maximum Gasteiger partial charge on any atom is 0.249 e. The topological polar surface area (TPSA) is 61.8 Å². The molecule has 2 saturated heterocycles. The first-order valence-corrected chi connectivity index (χ1v) is 7.56. The van der Waals surface area contributed by atoms with Crippen LogP contribution in [0.25, 0.3) is 0 Å². The largest absolute Gasteiger partial charge is 0.508 e. The van der Waals surface area contributed by atoms with Crippen molar-refractivity contribution in [3.8, 4) is 5.75 Å². The van der Waals surface area contributed by atoms with E-state index < -0.39 is 0 Å². The van der Waals surface area contributed by atoms with E-state index in [-0.39, 0.29) is 23.8 Å².